The van der Waals surface area contributed by atoms with Gasteiger partial charge >= 0.3 is 0 Å². The van der Waals surface area contributed by atoms with E-state index in [0.717, 1.165) is 17.1 Å². The van der Waals surface area contributed by atoms with Gasteiger partial charge in [0, 0.05) is 57.4 Å². The van der Waals surface area contributed by atoms with Crippen LogP contribution in [0.5, 0.6) is 0 Å². The number of fused-ring (bicyclic) bond motifs is 7. The van der Waals surface area contributed by atoms with E-state index in [-0.39, 0.29) is 0 Å². The second kappa shape index (κ2) is 13.1. The van der Waals surface area contributed by atoms with Crippen LogP contribution in [0.2, 0.25) is 0 Å². The molecule has 258 valence electrons. The summed E-state index contributed by atoms with van der Waals surface area (Å²) in [5.41, 5.74) is 10.6. The summed E-state index contributed by atoms with van der Waals surface area (Å²) in [7, 11) is 0. The van der Waals surface area contributed by atoms with E-state index in [9.17, 15) is 0 Å². The second-order valence-electron chi connectivity index (χ2n) is 14.1. The maximum atomic E-state index is 2.40. The number of rotatable bonds is 6. The standard InChI is InChI=1S/C52H33NS2/c1-2-11-36-30-38(23-22-34(36)10-1)37-12-7-14-42(31-37)53(41-27-24-35(25-28-41)39-26-29-47-45-16-3-5-20-49(45)54-51(47)33-39)43-15-8-13-40(32-43)44-18-9-19-48-46-17-4-6-21-50(46)55-52(44)48/h1-33H. The Balaban J connectivity index is 1.03. The van der Waals surface area contributed by atoms with Crippen molar-refractivity contribution in [2.45, 2.75) is 0 Å². The van der Waals surface area contributed by atoms with Gasteiger partial charge in [0.15, 0.2) is 0 Å². The van der Waals surface area contributed by atoms with Gasteiger partial charge in [-0.25, -0.2) is 0 Å². The largest absolute Gasteiger partial charge is 0.310 e. The molecule has 0 radical (unpaired) electrons. The number of nitrogens with zero attached hydrogens (tertiary/aromatic N) is 1. The highest BCUT2D eigenvalue weighted by Gasteiger charge is 2.17. The highest BCUT2D eigenvalue weighted by molar-refractivity contribution is 7.26. The van der Waals surface area contributed by atoms with Gasteiger partial charge in [-0.15, -0.1) is 22.7 Å². The Bertz CT molecular complexity index is 3220. The van der Waals surface area contributed by atoms with Crippen LogP contribution in [-0.4, -0.2) is 0 Å². The highest BCUT2D eigenvalue weighted by Crippen LogP contribution is 2.43. The van der Waals surface area contributed by atoms with Crippen LogP contribution in [0, 0.1) is 0 Å². The van der Waals surface area contributed by atoms with Crippen LogP contribution in [0.4, 0.5) is 17.1 Å². The van der Waals surface area contributed by atoms with Gasteiger partial charge in [-0.05, 0) is 105 Å². The SMILES string of the molecule is c1cc(-c2ccc3ccccc3c2)cc(N(c2ccc(-c3ccc4c(c3)sc3ccccc34)cc2)c2cccc(-c3cccc4c3sc3ccccc34)c2)c1. The Kier molecular flexibility index (Phi) is 7.61. The van der Waals surface area contributed by atoms with Crippen molar-refractivity contribution >= 4 is 90.9 Å². The summed E-state index contributed by atoms with van der Waals surface area (Å²) in [4.78, 5) is 2.40. The molecule has 0 spiro atoms. The lowest BCUT2D eigenvalue weighted by Gasteiger charge is -2.27. The molecule has 0 saturated heterocycles. The topological polar surface area (TPSA) is 3.24 Å². The molecule has 11 rings (SSSR count). The number of benzene rings is 9. The van der Waals surface area contributed by atoms with Gasteiger partial charge in [0.25, 0.3) is 0 Å². The monoisotopic (exact) mass is 735 g/mol. The third kappa shape index (κ3) is 5.60. The van der Waals surface area contributed by atoms with Crippen molar-refractivity contribution in [3.8, 4) is 33.4 Å². The van der Waals surface area contributed by atoms with E-state index in [1.165, 1.54) is 84.5 Å². The summed E-state index contributed by atoms with van der Waals surface area (Å²) >= 11 is 3.75. The number of thiophene rings is 2. The number of hydrogen-bond acceptors (Lipinski definition) is 3. The zero-order chi connectivity index (χ0) is 36.3. The lowest BCUT2D eigenvalue weighted by Crippen LogP contribution is -2.10. The third-order valence-electron chi connectivity index (χ3n) is 10.8. The molecule has 0 fully saturated rings. The summed E-state index contributed by atoms with van der Waals surface area (Å²) in [5, 5.41) is 7.78. The van der Waals surface area contributed by atoms with Gasteiger partial charge in [0.1, 0.15) is 0 Å². The van der Waals surface area contributed by atoms with Crippen LogP contribution >= 0.6 is 22.7 Å². The van der Waals surface area contributed by atoms with Crippen molar-refractivity contribution in [1.82, 2.24) is 0 Å². The first-order valence-corrected chi connectivity index (χ1v) is 20.3. The predicted molar refractivity (Wildman–Crippen MR) is 241 cm³/mol. The van der Waals surface area contributed by atoms with Crippen LogP contribution in [0.15, 0.2) is 200 Å². The van der Waals surface area contributed by atoms with E-state index in [1.54, 1.807) is 0 Å². The fraction of sp³-hybridized carbons (Fsp3) is 0. The maximum Gasteiger partial charge on any atom is 0.0467 e. The van der Waals surface area contributed by atoms with Crippen molar-refractivity contribution in [3.05, 3.63) is 200 Å². The van der Waals surface area contributed by atoms with Gasteiger partial charge in [0.05, 0.1) is 0 Å². The fourth-order valence-corrected chi connectivity index (χ4v) is 10.5. The zero-order valence-electron chi connectivity index (χ0n) is 29.8. The summed E-state index contributed by atoms with van der Waals surface area (Å²) < 4.78 is 5.29. The van der Waals surface area contributed by atoms with Crippen LogP contribution in [-0.2, 0) is 0 Å². The Morgan fingerprint density at radius 1 is 0.291 bits per heavy atom. The summed E-state index contributed by atoms with van der Waals surface area (Å²) in [5.74, 6) is 0. The van der Waals surface area contributed by atoms with Gasteiger partial charge in [-0.2, -0.15) is 0 Å². The highest BCUT2D eigenvalue weighted by atomic mass is 32.1. The van der Waals surface area contributed by atoms with E-state index in [1.807, 2.05) is 22.7 Å². The predicted octanol–water partition coefficient (Wildman–Crippen LogP) is 16.0. The summed E-state index contributed by atoms with van der Waals surface area (Å²) in [6, 6.07) is 73.5. The van der Waals surface area contributed by atoms with E-state index in [4.69, 9.17) is 0 Å². The molecule has 2 heterocycles. The molecule has 0 aliphatic heterocycles. The molecule has 3 heteroatoms. The summed E-state index contributed by atoms with van der Waals surface area (Å²) in [6.45, 7) is 0. The second-order valence-corrected chi connectivity index (χ2v) is 16.3. The molecule has 55 heavy (non-hydrogen) atoms. The molecule has 2 aromatic heterocycles. The van der Waals surface area contributed by atoms with Crippen LogP contribution in [0.1, 0.15) is 0 Å². The first-order valence-electron chi connectivity index (χ1n) is 18.7. The van der Waals surface area contributed by atoms with E-state index >= 15 is 0 Å². The van der Waals surface area contributed by atoms with E-state index in [2.05, 4.69) is 205 Å². The lowest BCUT2D eigenvalue weighted by atomic mass is 9.99. The van der Waals surface area contributed by atoms with Crippen molar-refractivity contribution < 1.29 is 0 Å². The lowest BCUT2D eigenvalue weighted by molar-refractivity contribution is 1.28. The molecule has 0 aliphatic rings. The molecule has 0 atom stereocenters. The average Bonchev–Trinajstić information content (AvgIpc) is 3.82. The van der Waals surface area contributed by atoms with E-state index in [0.29, 0.717) is 0 Å². The number of hydrogen-bond donors (Lipinski definition) is 0. The molecule has 0 saturated carbocycles. The van der Waals surface area contributed by atoms with Crippen molar-refractivity contribution in [2.24, 2.45) is 0 Å². The fourth-order valence-electron chi connectivity index (χ4n) is 8.14. The van der Waals surface area contributed by atoms with Gasteiger partial charge in [-0.3, -0.25) is 0 Å². The molecule has 0 bridgehead atoms. The van der Waals surface area contributed by atoms with Crippen LogP contribution in [0.3, 0.4) is 0 Å². The van der Waals surface area contributed by atoms with E-state index < -0.39 is 0 Å². The Morgan fingerprint density at radius 3 is 1.67 bits per heavy atom. The minimum atomic E-state index is 1.11. The van der Waals surface area contributed by atoms with Crippen LogP contribution in [0.25, 0.3) is 84.5 Å². The molecule has 0 N–H and O–H groups in total. The van der Waals surface area contributed by atoms with Gasteiger partial charge in [-0.1, -0.05) is 140 Å². The normalized spacial score (nSPS) is 11.6. The molecule has 0 amide bonds. The maximum absolute atomic E-state index is 2.40. The zero-order valence-corrected chi connectivity index (χ0v) is 31.4. The van der Waals surface area contributed by atoms with Crippen molar-refractivity contribution in [3.63, 3.8) is 0 Å². The number of anilines is 3. The molecular formula is C52H33NS2. The van der Waals surface area contributed by atoms with Crippen molar-refractivity contribution in [2.75, 3.05) is 4.90 Å². The smallest absolute Gasteiger partial charge is 0.0467 e. The quantitative estimate of drug-likeness (QED) is 0.164. The Morgan fingerprint density at radius 2 is 0.855 bits per heavy atom. The molecule has 11 aromatic rings. The third-order valence-corrected chi connectivity index (χ3v) is 13.2. The Hall–Kier alpha value is -6.52. The molecule has 0 aliphatic carbocycles. The van der Waals surface area contributed by atoms with Crippen LogP contribution < -0.4 is 4.90 Å². The van der Waals surface area contributed by atoms with Gasteiger partial charge in [0.2, 0.25) is 0 Å². The molecule has 9 aromatic carbocycles. The average molecular weight is 736 g/mol. The molecule has 0 unspecified atom stereocenters. The van der Waals surface area contributed by atoms with Crippen molar-refractivity contribution in [1.29, 1.82) is 0 Å². The van der Waals surface area contributed by atoms with Gasteiger partial charge < -0.3 is 4.90 Å². The first kappa shape index (κ1) is 32.0. The first-order chi connectivity index (χ1) is 27.2. The minimum absolute atomic E-state index is 1.11. The molecular weight excluding hydrogens is 703 g/mol. The minimum Gasteiger partial charge on any atom is -0.310 e. The summed E-state index contributed by atoms with van der Waals surface area (Å²) in [6.07, 6.45) is 0. The Labute approximate surface area is 327 Å². The molecule has 1 nitrogen and oxygen atoms in total.